The molecule has 0 fully saturated rings. The summed E-state index contributed by atoms with van der Waals surface area (Å²) in [5.74, 6) is -0.999. The number of nitrogens with one attached hydrogen (secondary N) is 2. The quantitative estimate of drug-likeness (QED) is 0.331. The Labute approximate surface area is 221 Å². The number of primary amides is 1. The maximum atomic E-state index is 13.1. The molecule has 1 aromatic heterocycles. The molecule has 3 amide bonds. The van der Waals surface area contributed by atoms with Crippen LogP contribution in [0.3, 0.4) is 0 Å². The monoisotopic (exact) mass is 548 g/mol. The van der Waals surface area contributed by atoms with Crippen molar-refractivity contribution in [3.8, 4) is 10.6 Å². The van der Waals surface area contributed by atoms with Crippen LogP contribution in [-0.4, -0.2) is 31.3 Å². The Balaban J connectivity index is 1.28. The number of carbonyl (C=O) groups is 3. The fraction of sp³-hybridized carbons (Fsp3) is 0.0769. The number of anilines is 1. The van der Waals surface area contributed by atoms with E-state index in [2.05, 4.69) is 15.6 Å². The van der Waals surface area contributed by atoms with E-state index in [1.165, 1.54) is 41.7 Å². The van der Waals surface area contributed by atoms with Gasteiger partial charge in [0.15, 0.2) is 0 Å². The van der Waals surface area contributed by atoms with Gasteiger partial charge in [-0.15, -0.1) is 11.3 Å². The number of hydrogen-bond acceptors (Lipinski definition) is 8. The minimum absolute atomic E-state index is 0.0450. The van der Waals surface area contributed by atoms with E-state index >= 15 is 0 Å². The summed E-state index contributed by atoms with van der Waals surface area (Å²) in [6.07, 6.45) is 0.817. The molecule has 38 heavy (non-hydrogen) atoms. The molecule has 0 atom stereocenters. The summed E-state index contributed by atoms with van der Waals surface area (Å²) in [5, 5.41) is 6.15. The summed E-state index contributed by atoms with van der Waals surface area (Å²) >= 11 is 1.40. The van der Waals surface area contributed by atoms with Crippen LogP contribution in [0, 0.1) is 0 Å². The second-order valence-corrected chi connectivity index (χ2v) is 11.3. The number of amides is 3. The molecule has 0 aliphatic carbocycles. The normalized spacial score (nSPS) is 13.4. The summed E-state index contributed by atoms with van der Waals surface area (Å²) < 4.78 is 31.0. The average Bonchev–Trinajstić information content (AvgIpc) is 3.37. The van der Waals surface area contributed by atoms with Crippen LogP contribution in [0.4, 0.5) is 10.5 Å². The number of carbonyl (C=O) groups excluding carboxylic acids is 3. The van der Waals surface area contributed by atoms with Crippen molar-refractivity contribution >= 4 is 44.8 Å². The molecule has 0 bridgehead atoms. The number of aromatic nitrogens is 1. The maximum Gasteiger partial charge on any atom is 0.404 e. The summed E-state index contributed by atoms with van der Waals surface area (Å²) in [4.78, 5) is 41.3. The second kappa shape index (κ2) is 10.1. The van der Waals surface area contributed by atoms with Crippen molar-refractivity contribution in [2.75, 3.05) is 5.32 Å². The number of fused-ring (bicyclic) bond motifs is 2. The fourth-order valence-corrected chi connectivity index (χ4v) is 6.34. The van der Waals surface area contributed by atoms with Gasteiger partial charge in [0.2, 0.25) is 9.84 Å². The van der Waals surface area contributed by atoms with E-state index in [9.17, 15) is 22.8 Å². The molecule has 12 heteroatoms. The molecule has 10 nitrogen and oxygen atoms in total. The van der Waals surface area contributed by atoms with Gasteiger partial charge < -0.3 is 21.1 Å². The summed E-state index contributed by atoms with van der Waals surface area (Å²) in [7, 11) is -3.95. The molecule has 3 aromatic carbocycles. The van der Waals surface area contributed by atoms with Crippen LogP contribution >= 0.6 is 11.3 Å². The van der Waals surface area contributed by atoms with Crippen molar-refractivity contribution in [3.63, 3.8) is 0 Å². The number of nitrogens with zero attached hydrogens (tertiary/aromatic N) is 1. The molecule has 2 heterocycles. The van der Waals surface area contributed by atoms with Crippen molar-refractivity contribution in [1.82, 2.24) is 10.3 Å². The lowest BCUT2D eigenvalue weighted by molar-refractivity contribution is 0.0949. The predicted octanol–water partition coefficient (Wildman–Crippen LogP) is 3.73. The van der Waals surface area contributed by atoms with Crippen molar-refractivity contribution in [2.24, 2.45) is 5.73 Å². The Bertz CT molecular complexity index is 1680. The molecule has 0 unspecified atom stereocenters. The number of hydrogen-bond donors (Lipinski definition) is 3. The van der Waals surface area contributed by atoms with E-state index in [1.807, 2.05) is 12.1 Å². The predicted molar refractivity (Wildman–Crippen MR) is 139 cm³/mol. The van der Waals surface area contributed by atoms with Gasteiger partial charge in [0, 0.05) is 22.2 Å². The molecule has 5 rings (SSSR count). The Hall–Kier alpha value is -4.55. The van der Waals surface area contributed by atoms with E-state index in [0.29, 0.717) is 0 Å². The molecule has 192 valence electrons. The average molecular weight is 549 g/mol. The van der Waals surface area contributed by atoms with Crippen LogP contribution < -0.4 is 16.4 Å². The van der Waals surface area contributed by atoms with Gasteiger partial charge in [-0.05, 0) is 35.9 Å². The lowest BCUT2D eigenvalue weighted by Gasteiger charge is -2.10. The van der Waals surface area contributed by atoms with Gasteiger partial charge in [0.05, 0.1) is 27.6 Å². The van der Waals surface area contributed by atoms with E-state index in [4.69, 9.17) is 10.5 Å². The minimum Gasteiger partial charge on any atom is -0.445 e. The van der Waals surface area contributed by atoms with Gasteiger partial charge >= 0.3 is 6.09 Å². The molecule has 0 spiro atoms. The highest BCUT2D eigenvalue weighted by atomic mass is 32.2. The SMILES string of the molecule is NC(=O)OCc1ccc(-c2ncc(CNC(=O)c3ccc4c(c3)NC(=O)c3ccccc3S4(=O)=O)s2)cc1. The van der Waals surface area contributed by atoms with Gasteiger partial charge in [-0.25, -0.2) is 18.2 Å². The molecular weight excluding hydrogens is 528 g/mol. The highest BCUT2D eigenvalue weighted by Gasteiger charge is 2.31. The summed E-state index contributed by atoms with van der Waals surface area (Å²) in [6.45, 7) is 0.282. The Kier molecular flexibility index (Phi) is 6.66. The van der Waals surface area contributed by atoms with Gasteiger partial charge in [0.1, 0.15) is 11.6 Å². The molecule has 4 aromatic rings. The van der Waals surface area contributed by atoms with Gasteiger partial charge in [-0.3, -0.25) is 9.59 Å². The summed E-state index contributed by atoms with van der Waals surface area (Å²) in [5.41, 5.74) is 6.91. The maximum absolute atomic E-state index is 13.1. The zero-order chi connectivity index (χ0) is 26.9. The molecule has 1 aliphatic heterocycles. The highest BCUT2D eigenvalue weighted by molar-refractivity contribution is 7.91. The second-order valence-electron chi connectivity index (χ2n) is 8.28. The topological polar surface area (TPSA) is 158 Å². The van der Waals surface area contributed by atoms with Crippen molar-refractivity contribution in [1.29, 1.82) is 0 Å². The number of thiazole rings is 1. The third-order valence-electron chi connectivity index (χ3n) is 5.76. The van der Waals surface area contributed by atoms with Crippen molar-refractivity contribution in [3.05, 3.63) is 94.5 Å². The molecule has 0 saturated heterocycles. The Morgan fingerprint density at radius 3 is 2.55 bits per heavy atom. The molecular formula is C26H20N4O6S2. The van der Waals surface area contributed by atoms with Crippen LogP contribution in [0.25, 0.3) is 10.6 Å². The number of rotatable bonds is 6. The molecule has 1 aliphatic rings. The van der Waals surface area contributed by atoms with Crippen LogP contribution in [-0.2, 0) is 27.7 Å². The lowest BCUT2D eigenvalue weighted by Crippen LogP contribution is -2.22. The third kappa shape index (κ3) is 4.99. The zero-order valence-corrected chi connectivity index (χ0v) is 21.3. The Morgan fingerprint density at radius 1 is 1.03 bits per heavy atom. The molecule has 0 radical (unpaired) electrons. The largest absolute Gasteiger partial charge is 0.445 e. The third-order valence-corrected chi connectivity index (χ3v) is 8.68. The standard InChI is InChI=1S/C26H20N4O6S2/c27-26(33)36-14-15-5-7-16(8-6-15)25-29-13-18(37-25)12-28-23(31)17-9-10-22-20(11-17)30-24(32)19-3-1-2-4-21(19)38(22,34)35/h1-11,13H,12,14H2,(H2,27,33)(H,28,31)(H,30,32). The van der Waals surface area contributed by atoms with Crippen LogP contribution in [0.2, 0.25) is 0 Å². The first kappa shape index (κ1) is 25.1. The molecule has 4 N–H and O–H groups in total. The van der Waals surface area contributed by atoms with Gasteiger partial charge in [-0.1, -0.05) is 36.4 Å². The molecule has 0 saturated carbocycles. The van der Waals surface area contributed by atoms with Crippen molar-refractivity contribution in [2.45, 2.75) is 22.9 Å². The first-order valence-electron chi connectivity index (χ1n) is 11.3. The van der Waals surface area contributed by atoms with Crippen molar-refractivity contribution < 1.29 is 27.5 Å². The summed E-state index contributed by atoms with van der Waals surface area (Å²) in [6, 6.07) is 17.4. The number of benzene rings is 3. The highest BCUT2D eigenvalue weighted by Crippen LogP contribution is 2.34. The van der Waals surface area contributed by atoms with Gasteiger partial charge in [-0.2, -0.15) is 0 Å². The minimum atomic E-state index is -3.95. The number of ether oxygens (including phenoxy) is 1. The van der Waals surface area contributed by atoms with E-state index in [0.717, 1.165) is 21.0 Å². The van der Waals surface area contributed by atoms with E-state index in [1.54, 1.807) is 30.5 Å². The first-order chi connectivity index (χ1) is 18.2. The van der Waals surface area contributed by atoms with Crippen LogP contribution in [0.1, 0.15) is 31.2 Å². The smallest absolute Gasteiger partial charge is 0.404 e. The van der Waals surface area contributed by atoms with Crippen LogP contribution in [0.15, 0.2) is 82.7 Å². The lowest BCUT2D eigenvalue weighted by atomic mass is 10.1. The van der Waals surface area contributed by atoms with E-state index in [-0.39, 0.29) is 39.8 Å². The van der Waals surface area contributed by atoms with E-state index < -0.39 is 27.7 Å². The Morgan fingerprint density at radius 2 is 1.79 bits per heavy atom. The fourth-order valence-electron chi connectivity index (χ4n) is 3.89. The van der Waals surface area contributed by atoms with Crippen LogP contribution in [0.5, 0.6) is 0 Å². The zero-order valence-electron chi connectivity index (χ0n) is 19.6. The first-order valence-corrected chi connectivity index (χ1v) is 13.6. The number of sulfone groups is 1. The number of nitrogens with two attached hydrogens (primary N) is 1. The van der Waals surface area contributed by atoms with Gasteiger partial charge in [0.25, 0.3) is 11.8 Å².